The Labute approximate surface area is 87.3 Å². The number of epoxide rings is 1. The highest BCUT2D eigenvalue weighted by atomic mass is 16.6. The van der Waals surface area contributed by atoms with Crippen LogP contribution in [0.2, 0.25) is 0 Å². The van der Waals surface area contributed by atoms with Crippen LogP contribution in [0.1, 0.15) is 11.1 Å². The molecule has 0 amide bonds. The van der Waals surface area contributed by atoms with E-state index in [0.717, 1.165) is 0 Å². The third-order valence-corrected chi connectivity index (χ3v) is 2.09. The molecule has 4 heteroatoms. The van der Waals surface area contributed by atoms with E-state index in [1.807, 2.05) is 12.1 Å². The maximum atomic E-state index is 8.90. The first-order valence-electron chi connectivity index (χ1n) is 4.52. The topological polar surface area (TPSA) is 69.3 Å². The van der Waals surface area contributed by atoms with Crippen molar-refractivity contribution < 1.29 is 9.47 Å². The highest BCUT2D eigenvalue weighted by Crippen LogP contribution is 2.22. The van der Waals surface area contributed by atoms with E-state index in [1.165, 1.54) is 0 Å². The lowest BCUT2D eigenvalue weighted by Crippen LogP contribution is -2.05. The van der Waals surface area contributed by atoms with E-state index in [-0.39, 0.29) is 6.10 Å². The molecule has 1 saturated heterocycles. The van der Waals surface area contributed by atoms with Gasteiger partial charge in [0.05, 0.1) is 12.2 Å². The standard InChI is InChI=1S/C11H8N2O2/c12-4-8-2-1-3-11(10(8)5-13)15-7-9-6-14-9/h1-3,9H,6-7H2. The summed E-state index contributed by atoms with van der Waals surface area (Å²) < 4.78 is 10.4. The smallest absolute Gasteiger partial charge is 0.138 e. The second-order valence-electron chi connectivity index (χ2n) is 3.17. The summed E-state index contributed by atoms with van der Waals surface area (Å²) in [4.78, 5) is 0. The third-order valence-electron chi connectivity index (χ3n) is 2.09. The first-order chi connectivity index (χ1) is 7.35. The molecular weight excluding hydrogens is 192 g/mol. The van der Waals surface area contributed by atoms with E-state index in [4.69, 9.17) is 20.0 Å². The average Bonchev–Trinajstić information content (AvgIpc) is 3.09. The Morgan fingerprint density at radius 2 is 2.20 bits per heavy atom. The fourth-order valence-corrected chi connectivity index (χ4v) is 1.21. The van der Waals surface area contributed by atoms with Crippen molar-refractivity contribution in [1.29, 1.82) is 10.5 Å². The van der Waals surface area contributed by atoms with Gasteiger partial charge in [0.2, 0.25) is 0 Å². The molecule has 1 unspecified atom stereocenters. The second kappa shape index (κ2) is 4.00. The Kier molecular flexibility index (Phi) is 2.53. The SMILES string of the molecule is N#Cc1cccc(OCC2CO2)c1C#N. The summed E-state index contributed by atoms with van der Waals surface area (Å²) in [7, 11) is 0. The summed E-state index contributed by atoms with van der Waals surface area (Å²) in [5.74, 6) is 0.451. The summed E-state index contributed by atoms with van der Waals surface area (Å²) in [5.41, 5.74) is 0.632. The zero-order chi connectivity index (χ0) is 10.7. The fraction of sp³-hybridized carbons (Fsp3) is 0.273. The van der Waals surface area contributed by atoms with Gasteiger partial charge >= 0.3 is 0 Å². The van der Waals surface area contributed by atoms with Crippen molar-refractivity contribution in [2.24, 2.45) is 0 Å². The Hall–Kier alpha value is -2.04. The van der Waals surface area contributed by atoms with Crippen molar-refractivity contribution >= 4 is 0 Å². The van der Waals surface area contributed by atoms with Gasteiger partial charge in [0.25, 0.3) is 0 Å². The van der Waals surface area contributed by atoms with E-state index < -0.39 is 0 Å². The van der Waals surface area contributed by atoms with Crippen molar-refractivity contribution in [3.63, 3.8) is 0 Å². The lowest BCUT2D eigenvalue weighted by molar-refractivity contribution is 0.262. The van der Waals surface area contributed by atoms with Crippen LogP contribution < -0.4 is 4.74 Å². The number of nitriles is 2. The van der Waals surface area contributed by atoms with E-state index in [2.05, 4.69) is 0 Å². The van der Waals surface area contributed by atoms with Crippen LogP contribution in [0.3, 0.4) is 0 Å². The summed E-state index contributed by atoms with van der Waals surface area (Å²) in [6.45, 7) is 1.14. The zero-order valence-electron chi connectivity index (χ0n) is 7.93. The first kappa shape index (κ1) is 9.51. The summed E-state index contributed by atoms with van der Waals surface area (Å²) >= 11 is 0. The molecule has 1 heterocycles. The largest absolute Gasteiger partial charge is 0.489 e. The molecule has 1 aromatic rings. The number of nitrogens with zero attached hydrogens (tertiary/aromatic N) is 2. The molecule has 0 spiro atoms. The minimum atomic E-state index is 0.141. The van der Waals surface area contributed by atoms with Gasteiger partial charge in [-0.1, -0.05) is 6.07 Å². The van der Waals surface area contributed by atoms with Gasteiger partial charge in [0.1, 0.15) is 36.2 Å². The fourth-order valence-electron chi connectivity index (χ4n) is 1.21. The molecule has 0 N–H and O–H groups in total. The van der Waals surface area contributed by atoms with Crippen LogP contribution in [0, 0.1) is 22.7 Å². The number of hydrogen-bond donors (Lipinski definition) is 0. The second-order valence-corrected chi connectivity index (χ2v) is 3.17. The van der Waals surface area contributed by atoms with Gasteiger partial charge in [-0.3, -0.25) is 0 Å². The normalized spacial score (nSPS) is 17.6. The van der Waals surface area contributed by atoms with E-state index in [9.17, 15) is 0 Å². The Bertz CT molecular complexity index is 453. The molecule has 1 aliphatic rings. The molecule has 0 bridgehead atoms. The average molecular weight is 200 g/mol. The van der Waals surface area contributed by atoms with Crippen LogP contribution in [0.25, 0.3) is 0 Å². The highest BCUT2D eigenvalue weighted by molar-refractivity contribution is 5.53. The number of benzene rings is 1. The van der Waals surface area contributed by atoms with Gasteiger partial charge < -0.3 is 9.47 Å². The van der Waals surface area contributed by atoms with Crippen LogP contribution >= 0.6 is 0 Å². The van der Waals surface area contributed by atoms with Crippen LogP contribution in [0.15, 0.2) is 18.2 Å². The van der Waals surface area contributed by atoms with Gasteiger partial charge in [-0.15, -0.1) is 0 Å². The van der Waals surface area contributed by atoms with Crippen molar-refractivity contribution in [1.82, 2.24) is 0 Å². The van der Waals surface area contributed by atoms with Gasteiger partial charge in [-0.05, 0) is 12.1 Å². The molecule has 1 atom stereocenters. The molecule has 15 heavy (non-hydrogen) atoms. The Morgan fingerprint density at radius 3 is 2.80 bits per heavy atom. The van der Waals surface area contributed by atoms with Gasteiger partial charge in [-0.25, -0.2) is 0 Å². The molecule has 1 fully saturated rings. The van der Waals surface area contributed by atoms with Gasteiger partial charge in [0.15, 0.2) is 0 Å². The highest BCUT2D eigenvalue weighted by Gasteiger charge is 2.23. The molecular formula is C11H8N2O2. The monoisotopic (exact) mass is 200 g/mol. The molecule has 1 aromatic carbocycles. The Morgan fingerprint density at radius 1 is 1.40 bits per heavy atom. The van der Waals surface area contributed by atoms with Crippen molar-refractivity contribution in [3.8, 4) is 17.9 Å². The number of rotatable bonds is 3. The lowest BCUT2D eigenvalue weighted by Gasteiger charge is -2.06. The van der Waals surface area contributed by atoms with Crippen LogP contribution in [-0.4, -0.2) is 19.3 Å². The zero-order valence-corrected chi connectivity index (χ0v) is 7.93. The Balaban J connectivity index is 2.21. The van der Waals surface area contributed by atoms with Crippen molar-refractivity contribution in [2.75, 3.05) is 13.2 Å². The first-order valence-corrected chi connectivity index (χ1v) is 4.52. The predicted molar refractivity (Wildman–Crippen MR) is 51.1 cm³/mol. The molecule has 1 aliphatic heterocycles. The van der Waals surface area contributed by atoms with E-state index in [1.54, 1.807) is 18.2 Å². The predicted octanol–water partition coefficient (Wildman–Crippen LogP) is 1.21. The number of hydrogen-bond acceptors (Lipinski definition) is 4. The molecule has 2 rings (SSSR count). The summed E-state index contributed by atoms with van der Waals surface area (Å²) in [6, 6.07) is 8.90. The molecule has 0 radical (unpaired) electrons. The van der Waals surface area contributed by atoms with Crippen LogP contribution in [0.5, 0.6) is 5.75 Å². The molecule has 0 aliphatic carbocycles. The maximum Gasteiger partial charge on any atom is 0.138 e. The lowest BCUT2D eigenvalue weighted by atomic mass is 10.1. The summed E-state index contributed by atoms with van der Waals surface area (Å²) in [6.07, 6.45) is 0.141. The van der Waals surface area contributed by atoms with Crippen molar-refractivity contribution in [3.05, 3.63) is 29.3 Å². The van der Waals surface area contributed by atoms with E-state index in [0.29, 0.717) is 30.1 Å². The summed E-state index contributed by atoms with van der Waals surface area (Å²) in [5, 5.41) is 17.7. The molecule has 4 nitrogen and oxygen atoms in total. The minimum absolute atomic E-state index is 0.141. The van der Waals surface area contributed by atoms with Gasteiger partial charge in [-0.2, -0.15) is 10.5 Å². The number of ether oxygens (including phenoxy) is 2. The van der Waals surface area contributed by atoms with Crippen LogP contribution in [0.4, 0.5) is 0 Å². The van der Waals surface area contributed by atoms with Crippen molar-refractivity contribution in [2.45, 2.75) is 6.10 Å². The molecule has 0 aromatic heterocycles. The van der Waals surface area contributed by atoms with Gasteiger partial charge in [0, 0.05) is 0 Å². The quantitative estimate of drug-likeness (QED) is 0.687. The third kappa shape index (κ3) is 2.07. The van der Waals surface area contributed by atoms with E-state index >= 15 is 0 Å². The maximum absolute atomic E-state index is 8.90. The van der Waals surface area contributed by atoms with Crippen LogP contribution in [-0.2, 0) is 4.74 Å². The minimum Gasteiger partial charge on any atom is -0.489 e. The molecule has 74 valence electrons. The molecule has 0 saturated carbocycles.